The molecule has 1 amide bonds. The Morgan fingerprint density at radius 3 is 2.70 bits per heavy atom. The molecule has 0 radical (unpaired) electrons. The largest absolute Gasteiger partial charge is 0.495 e. The van der Waals surface area contributed by atoms with E-state index < -0.39 is 23.8 Å². The summed E-state index contributed by atoms with van der Waals surface area (Å²) in [4.78, 5) is 10.9. The molecule has 0 unspecified atom stereocenters. The zero-order chi connectivity index (χ0) is 15.1. The molecule has 0 bridgehead atoms. The first kappa shape index (κ1) is 14.3. The van der Waals surface area contributed by atoms with Gasteiger partial charge in [0.05, 0.1) is 18.8 Å². The molecule has 1 aromatic rings. The molecule has 0 fully saturated rings. The summed E-state index contributed by atoms with van der Waals surface area (Å²) in [7, 11) is 1.46. The quantitative estimate of drug-likeness (QED) is 0.604. The minimum atomic E-state index is -1.23. The Hall–Kier alpha value is -2.15. The number of aliphatic hydroxyl groups is 1. The highest BCUT2D eigenvalue weighted by Crippen LogP contribution is 2.43. The van der Waals surface area contributed by atoms with Gasteiger partial charge in [0.1, 0.15) is 23.2 Å². The number of anilines is 1. The number of carboxylic acid groups (broad SMARTS) is 1. The highest BCUT2D eigenvalue weighted by Gasteiger charge is 2.44. The summed E-state index contributed by atoms with van der Waals surface area (Å²) >= 11 is 0. The van der Waals surface area contributed by atoms with Crippen molar-refractivity contribution >= 4 is 11.8 Å². The molecule has 0 saturated heterocycles. The predicted molar refractivity (Wildman–Crippen MR) is 72.0 cm³/mol. The second-order valence-electron chi connectivity index (χ2n) is 5.21. The van der Waals surface area contributed by atoms with Gasteiger partial charge < -0.3 is 30.7 Å². The van der Waals surface area contributed by atoms with Crippen molar-refractivity contribution in [3.8, 4) is 11.5 Å². The van der Waals surface area contributed by atoms with Gasteiger partial charge >= 0.3 is 6.09 Å². The summed E-state index contributed by atoms with van der Waals surface area (Å²) in [5.74, 6) is 0.828. The van der Waals surface area contributed by atoms with Gasteiger partial charge in [0.15, 0.2) is 0 Å². The molecule has 0 aliphatic carbocycles. The number of fused-ring (bicyclic) bond motifs is 1. The van der Waals surface area contributed by atoms with E-state index in [9.17, 15) is 9.90 Å². The molecule has 0 saturated carbocycles. The fourth-order valence-corrected chi connectivity index (χ4v) is 2.30. The van der Waals surface area contributed by atoms with E-state index in [2.05, 4.69) is 5.32 Å². The van der Waals surface area contributed by atoms with Crippen LogP contribution in [0.2, 0.25) is 0 Å². The van der Waals surface area contributed by atoms with E-state index >= 15 is 0 Å². The van der Waals surface area contributed by atoms with Gasteiger partial charge in [-0.15, -0.1) is 0 Å². The third kappa shape index (κ3) is 2.32. The summed E-state index contributed by atoms with van der Waals surface area (Å²) in [6, 6.07) is 2.32. The van der Waals surface area contributed by atoms with Crippen LogP contribution in [0.5, 0.6) is 11.5 Å². The van der Waals surface area contributed by atoms with Gasteiger partial charge in [0.25, 0.3) is 0 Å². The van der Waals surface area contributed by atoms with Crippen LogP contribution in [0.25, 0.3) is 0 Å². The van der Waals surface area contributed by atoms with Crippen LogP contribution in [0.15, 0.2) is 12.1 Å². The van der Waals surface area contributed by atoms with Gasteiger partial charge in [-0.3, -0.25) is 0 Å². The summed E-state index contributed by atoms with van der Waals surface area (Å²) in [5.41, 5.74) is 5.75. The van der Waals surface area contributed by atoms with Crippen LogP contribution in [0, 0.1) is 0 Å². The highest BCUT2D eigenvalue weighted by molar-refractivity contribution is 5.67. The Morgan fingerprint density at radius 1 is 1.50 bits per heavy atom. The van der Waals surface area contributed by atoms with Crippen molar-refractivity contribution in [3.63, 3.8) is 0 Å². The summed E-state index contributed by atoms with van der Waals surface area (Å²) in [6.07, 6.45) is -2.27. The van der Waals surface area contributed by atoms with Crippen LogP contribution < -0.4 is 20.5 Å². The molecule has 110 valence electrons. The number of hydrogen-bond donors (Lipinski definition) is 4. The average Bonchev–Trinajstić information content (AvgIpc) is 2.34. The fraction of sp³-hybridized carbons (Fsp3) is 0.462. The number of methoxy groups -OCH3 is 1. The normalized spacial score (nSPS) is 23.4. The van der Waals surface area contributed by atoms with Gasteiger partial charge in [-0.05, 0) is 19.9 Å². The van der Waals surface area contributed by atoms with E-state index in [-0.39, 0.29) is 0 Å². The van der Waals surface area contributed by atoms with Crippen molar-refractivity contribution in [2.75, 3.05) is 12.8 Å². The van der Waals surface area contributed by atoms with Gasteiger partial charge in [0.2, 0.25) is 0 Å². The highest BCUT2D eigenvalue weighted by atomic mass is 16.5. The topological polar surface area (TPSA) is 114 Å². The first-order chi connectivity index (χ1) is 9.26. The molecule has 7 nitrogen and oxygen atoms in total. The molecular formula is C13H18N2O5. The third-order valence-corrected chi connectivity index (χ3v) is 3.38. The van der Waals surface area contributed by atoms with E-state index in [1.165, 1.54) is 7.11 Å². The standard InChI is InChI=1S/C13H18N2O5/c1-13(2)11(16)10(15-12(17)18)6-4-9(19-3)7(14)5-8(6)20-13/h4-5,10-11,15-16H,14H2,1-3H3,(H,17,18)/t10-,11+/m0/s1. The van der Waals surface area contributed by atoms with E-state index in [0.717, 1.165) is 0 Å². The lowest BCUT2D eigenvalue weighted by molar-refractivity contribution is -0.0631. The molecule has 2 rings (SSSR count). The zero-order valence-corrected chi connectivity index (χ0v) is 11.5. The number of carbonyl (C=O) groups is 1. The van der Waals surface area contributed by atoms with Gasteiger partial charge in [-0.25, -0.2) is 4.79 Å². The van der Waals surface area contributed by atoms with Crippen molar-refractivity contribution in [3.05, 3.63) is 17.7 Å². The molecular weight excluding hydrogens is 264 g/mol. The van der Waals surface area contributed by atoms with Crippen LogP contribution in [0.1, 0.15) is 25.5 Å². The van der Waals surface area contributed by atoms with Gasteiger partial charge in [-0.1, -0.05) is 0 Å². The average molecular weight is 282 g/mol. The number of nitrogens with two attached hydrogens (primary N) is 1. The minimum Gasteiger partial charge on any atom is -0.495 e. The summed E-state index contributed by atoms with van der Waals surface area (Å²) in [6.45, 7) is 3.36. The summed E-state index contributed by atoms with van der Waals surface area (Å²) in [5, 5.41) is 21.5. The Kier molecular flexibility index (Phi) is 3.39. The number of rotatable bonds is 2. The second-order valence-corrected chi connectivity index (χ2v) is 5.21. The number of benzene rings is 1. The maximum Gasteiger partial charge on any atom is 0.405 e. The Balaban J connectivity index is 2.55. The number of nitrogens with one attached hydrogen (secondary N) is 1. The minimum absolute atomic E-state index is 0.382. The molecule has 7 heteroatoms. The third-order valence-electron chi connectivity index (χ3n) is 3.38. The Bertz CT molecular complexity index is 544. The predicted octanol–water partition coefficient (Wildman–Crippen LogP) is 1.12. The monoisotopic (exact) mass is 282 g/mol. The first-order valence-electron chi connectivity index (χ1n) is 6.10. The maximum atomic E-state index is 10.9. The van der Waals surface area contributed by atoms with Gasteiger partial charge in [0, 0.05) is 11.6 Å². The second kappa shape index (κ2) is 4.75. The smallest absolute Gasteiger partial charge is 0.405 e. The number of aliphatic hydroxyl groups excluding tert-OH is 1. The van der Waals surface area contributed by atoms with E-state index in [1.807, 2.05) is 0 Å². The van der Waals surface area contributed by atoms with Crippen molar-refractivity contribution in [1.82, 2.24) is 5.32 Å². The summed E-state index contributed by atoms with van der Waals surface area (Å²) < 4.78 is 10.8. The van der Waals surface area contributed by atoms with Gasteiger partial charge in [-0.2, -0.15) is 0 Å². The molecule has 1 heterocycles. The molecule has 0 spiro atoms. The van der Waals surface area contributed by atoms with Crippen LogP contribution >= 0.6 is 0 Å². The Morgan fingerprint density at radius 2 is 2.15 bits per heavy atom. The molecule has 20 heavy (non-hydrogen) atoms. The lowest BCUT2D eigenvalue weighted by atomic mass is 9.86. The van der Waals surface area contributed by atoms with Crippen LogP contribution in [0.4, 0.5) is 10.5 Å². The molecule has 1 aliphatic heterocycles. The lowest BCUT2D eigenvalue weighted by Crippen LogP contribution is -2.53. The van der Waals surface area contributed by atoms with Crippen molar-refractivity contribution < 1.29 is 24.5 Å². The molecule has 1 aromatic carbocycles. The molecule has 1 aliphatic rings. The number of hydrogen-bond acceptors (Lipinski definition) is 5. The van der Waals surface area contributed by atoms with Crippen molar-refractivity contribution in [1.29, 1.82) is 0 Å². The fourth-order valence-electron chi connectivity index (χ4n) is 2.30. The van der Waals surface area contributed by atoms with E-state index in [4.69, 9.17) is 20.3 Å². The zero-order valence-electron chi connectivity index (χ0n) is 11.5. The number of ether oxygens (including phenoxy) is 2. The van der Waals surface area contributed by atoms with Crippen LogP contribution in [0.3, 0.4) is 0 Å². The van der Waals surface area contributed by atoms with Crippen LogP contribution in [-0.4, -0.2) is 35.1 Å². The Labute approximate surface area is 116 Å². The lowest BCUT2D eigenvalue weighted by Gasteiger charge is -2.42. The maximum absolute atomic E-state index is 10.9. The number of amides is 1. The SMILES string of the molecule is COc1cc2c(cc1N)OC(C)(C)[C@H](O)[C@H]2NC(=O)O. The number of nitrogen functional groups attached to an aromatic ring is 1. The van der Waals surface area contributed by atoms with Crippen molar-refractivity contribution in [2.24, 2.45) is 0 Å². The molecule has 0 aromatic heterocycles. The van der Waals surface area contributed by atoms with E-state index in [0.29, 0.717) is 22.7 Å². The molecule has 2 atom stereocenters. The first-order valence-corrected chi connectivity index (χ1v) is 6.10. The molecule has 5 N–H and O–H groups in total. The van der Waals surface area contributed by atoms with Crippen LogP contribution in [-0.2, 0) is 0 Å². The van der Waals surface area contributed by atoms with Crippen molar-refractivity contribution in [2.45, 2.75) is 31.6 Å². The van der Waals surface area contributed by atoms with E-state index in [1.54, 1.807) is 26.0 Å².